The Morgan fingerprint density at radius 2 is 1.92 bits per heavy atom. The van der Waals surface area contributed by atoms with Crippen LogP contribution >= 0.6 is 0 Å². The number of hydrogen-bond donors (Lipinski definition) is 2. The second kappa shape index (κ2) is 10.1. The Kier molecular flexibility index (Phi) is 8.45. The molecule has 1 aromatic carbocycles. The maximum atomic E-state index is 11.5. The monoisotopic (exact) mass is 351 g/mol. The van der Waals surface area contributed by atoms with E-state index in [-0.39, 0.29) is 6.10 Å². The van der Waals surface area contributed by atoms with Gasteiger partial charge in [-0.25, -0.2) is 4.79 Å². The molecule has 1 rings (SSSR count). The molecule has 6 heteroatoms. The predicted molar refractivity (Wildman–Crippen MR) is 97.3 cm³/mol. The molecule has 0 saturated carbocycles. The molecule has 0 bridgehead atoms. The Hall–Kier alpha value is -2.05. The number of carbonyl (C=O) groups excluding carboxylic acids is 1. The van der Waals surface area contributed by atoms with E-state index in [0.717, 1.165) is 5.56 Å². The minimum atomic E-state index is -0.848. The third-order valence-electron chi connectivity index (χ3n) is 3.31. The van der Waals surface area contributed by atoms with Crippen molar-refractivity contribution in [3.05, 3.63) is 29.8 Å². The highest BCUT2D eigenvalue weighted by molar-refractivity contribution is 5.87. The average molecular weight is 351 g/mol. The number of rotatable bonds is 9. The minimum Gasteiger partial charge on any atom is -0.493 e. The van der Waals surface area contributed by atoms with Gasteiger partial charge in [0.05, 0.1) is 13.2 Å². The SMILES string of the molecule is COc1cc(C=CC(=O)OC(C)C)ccc1OC(N)C(O)CC(C)C. The van der Waals surface area contributed by atoms with E-state index < -0.39 is 18.3 Å². The highest BCUT2D eigenvalue weighted by Gasteiger charge is 2.19. The molecule has 0 aliphatic rings. The first kappa shape index (κ1) is 21.0. The van der Waals surface area contributed by atoms with Crippen molar-refractivity contribution in [3.8, 4) is 11.5 Å². The lowest BCUT2D eigenvalue weighted by Gasteiger charge is -2.22. The summed E-state index contributed by atoms with van der Waals surface area (Å²) in [6, 6.07) is 5.17. The molecule has 2 atom stereocenters. The summed E-state index contributed by atoms with van der Waals surface area (Å²) in [5.41, 5.74) is 6.65. The molecule has 0 spiro atoms. The zero-order chi connectivity index (χ0) is 19.0. The van der Waals surface area contributed by atoms with Crippen LogP contribution in [0, 0.1) is 5.92 Å². The number of aliphatic hydroxyl groups excluding tert-OH is 1. The van der Waals surface area contributed by atoms with Crippen molar-refractivity contribution in [2.24, 2.45) is 11.7 Å². The van der Waals surface area contributed by atoms with Crippen LogP contribution in [0.2, 0.25) is 0 Å². The van der Waals surface area contributed by atoms with Gasteiger partial charge in [-0.2, -0.15) is 0 Å². The van der Waals surface area contributed by atoms with Crippen LogP contribution in [0.4, 0.5) is 0 Å². The number of methoxy groups -OCH3 is 1. The fourth-order valence-corrected chi connectivity index (χ4v) is 2.16. The fourth-order valence-electron chi connectivity index (χ4n) is 2.16. The fraction of sp³-hybridized carbons (Fsp3) is 0.526. The standard InChI is InChI=1S/C19H29NO5/c1-12(2)10-15(21)19(20)25-16-8-6-14(11-17(16)23-5)7-9-18(22)24-13(3)4/h6-9,11-13,15,19,21H,10,20H2,1-5H3. The number of aliphatic hydroxyl groups is 1. The zero-order valence-corrected chi connectivity index (χ0v) is 15.6. The van der Waals surface area contributed by atoms with Crippen LogP contribution < -0.4 is 15.2 Å². The van der Waals surface area contributed by atoms with E-state index in [1.165, 1.54) is 13.2 Å². The average Bonchev–Trinajstić information content (AvgIpc) is 2.52. The van der Waals surface area contributed by atoms with Crippen LogP contribution in [0.15, 0.2) is 24.3 Å². The van der Waals surface area contributed by atoms with Gasteiger partial charge < -0.3 is 19.3 Å². The van der Waals surface area contributed by atoms with Crippen LogP contribution in [0.1, 0.15) is 39.7 Å². The van der Waals surface area contributed by atoms with Crippen LogP contribution in [0.3, 0.4) is 0 Å². The maximum absolute atomic E-state index is 11.5. The van der Waals surface area contributed by atoms with Crippen molar-refractivity contribution in [2.75, 3.05) is 7.11 Å². The molecular formula is C19H29NO5. The number of ether oxygens (including phenoxy) is 3. The van der Waals surface area contributed by atoms with Crippen molar-refractivity contribution in [1.82, 2.24) is 0 Å². The topological polar surface area (TPSA) is 91.0 Å². The zero-order valence-electron chi connectivity index (χ0n) is 15.6. The molecule has 140 valence electrons. The minimum absolute atomic E-state index is 0.166. The Bertz CT molecular complexity index is 583. The highest BCUT2D eigenvalue weighted by Crippen LogP contribution is 2.29. The van der Waals surface area contributed by atoms with Gasteiger partial charge in [0.15, 0.2) is 17.7 Å². The van der Waals surface area contributed by atoms with Crippen molar-refractivity contribution in [3.63, 3.8) is 0 Å². The lowest BCUT2D eigenvalue weighted by molar-refractivity contribution is -0.141. The molecule has 25 heavy (non-hydrogen) atoms. The van der Waals surface area contributed by atoms with E-state index in [1.807, 2.05) is 13.8 Å². The first-order valence-corrected chi connectivity index (χ1v) is 8.40. The lowest BCUT2D eigenvalue weighted by atomic mass is 10.1. The lowest BCUT2D eigenvalue weighted by Crippen LogP contribution is -2.40. The second-order valence-electron chi connectivity index (χ2n) is 6.51. The molecule has 0 heterocycles. The van der Waals surface area contributed by atoms with E-state index in [0.29, 0.717) is 23.8 Å². The summed E-state index contributed by atoms with van der Waals surface area (Å²) in [4.78, 5) is 11.5. The van der Waals surface area contributed by atoms with Crippen LogP contribution in [-0.4, -0.2) is 36.6 Å². The Balaban J connectivity index is 2.81. The summed E-state index contributed by atoms with van der Waals surface area (Å²) in [6.45, 7) is 7.58. The smallest absolute Gasteiger partial charge is 0.331 e. The third kappa shape index (κ3) is 7.58. The molecule has 1 aromatic rings. The molecular weight excluding hydrogens is 322 g/mol. The van der Waals surface area contributed by atoms with Gasteiger partial charge in [-0.15, -0.1) is 0 Å². The molecule has 0 aliphatic heterocycles. The van der Waals surface area contributed by atoms with E-state index in [2.05, 4.69) is 0 Å². The van der Waals surface area contributed by atoms with E-state index in [9.17, 15) is 9.90 Å². The Labute approximate surface area is 149 Å². The van der Waals surface area contributed by atoms with Gasteiger partial charge in [0.1, 0.15) is 6.10 Å². The molecule has 0 aliphatic carbocycles. The molecule has 2 unspecified atom stereocenters. The first-order valence-electron chi connectivity index (χ1n) is 8.40. The van der Waals surface area contributed by atoms with E-state index >= 15 is 0 Å². The van der Waals surface area contributed by atoms with Gasteiger partial charge in [0.25, 0.3) is 0 Å². The van der Waals surface area contributed by atoms with Crippen molar-refractivity contribution in [1.29, 1.82) is 0 Å². The predicted octanol–water partition coefficient (Wildman–Crippen LogP) is 2.73. The normalized spacial score (nSPS) is 14.0. The largest absolute Gasteiger partial charge is 0.493 e. The van der Waals surface area contributed by atoms with Crippen LogP contribution in [-0.2, 0) is 9.53 Å². The summed E-state index contributed by atoms with van der Waals surface area (Å²) in [5, 5.41) is 10.0. The van der Waals surface area contributed by atoms with Gasteiger partial charge in [-0.05, 0) is 50.0 Å². The summed E-state index contributed by atoms with van der Waals surface area (Å²) in [5.74, 6) is 0.795. The molecule has 0 aromatic heterocycles. The molecule has 0 amide bonds. The third-order valence-corrected chi connectivity index (χ3v) is 3.31. The quantitative estimate of drug-likeness (QED) is 0.404. The van der Waals surface area contributed by atoms with Gasteiger partial charge in [0, 0.05) is 6.08 Å². The van der Waals surface area contributed by atoms with Crippen molar-refractivity contribution in [2.45, 2.75) is 52.6 Å². The molecule has 0 fully saturated rings. The maximum Gasteiger partial charge on any atom is 0.331 e. The van der Waals surface area contributed by atoms with Crippen molar-refractivity contribution < 1.29 is 24.1 Å². The molecule has 6 nitrogen and oxygen atoms in total. The highest BCUT2D eigenvalue weighted by atomic mass is 16.5. The number of carbonyl (C=O) groups is 1. The Morgan fingerprint density at radius 1 is 1.24 bits per heavy atom. The summed E-state index contributed by atoms with van der Waals surface area (Å²) >= 11 is 0. The van der Waals surface area contributed by atoms with Crippen LogP contribution in [0.5, 0.6) is 11.5 Å². The van der Waals surface area contributed by atoms with E-state index in [1.54, 1.807) is 38.1 Å². The van der Waals surface area contributed by atoms with Gasteiger partial charge in [0.2, 0.25) is 0 Å². The van der Waals surface area contributed by atoms with Crippen LogP contribution in [0.25, 0.3) is 6.08 Å². The molecule has 0 radical (unpaired) electrons. The molecule has 3 N–H and O–H groups in total. The van der Waals surface area contributed by atoms with Gasteiger partial charge in [-0.3, -0.25) is 5.73 Å². The van der Waals surface area contributed by atoms with Crippen molar-refractivity contribution >= 4 is 12.0 Å². The van der Waals surface area contributed by atoms with E-state index in [4.69, 9.17) is 19.9 Å². The van der Waals surface area contributed by atoms with Gasteiger partial charge >= 0.3 is 5.97 Å². The Morgan fingerprint density at radius 3 is 2.48 bits per heavy atom. The van der Waals surface area contributed by atoms with Gasteiger partial charge in [-0.1, -0.05) is 19.9 Å². The summed E-state index contributed by atoms with van der Waals surface area (Å²) in [6.07, 6.45) is 1.75. The first-order chi connectivity index (χ1) is 11.7. The second-order valence-corrected chi connectivity index (χ2v) is 6.51. The number of benzene rings is 1. The summed E-state index contributed by atoms with van der Waals surface area (Å²) in [7, 11) is 1.51. The number of nitrogens with two attached hydrogens (primary N) is 1. The number of esters is 1. The number of hydrogen-bond acceptors (Lipinski definition) is 6. The molecule has 0 saturated heterocycles. The summed E-state index contributed by atoms with van der Waals surface area (Å²) < 4.78 is 16.0.